The van der Waals surface area contributed by atoms with E-state index in [1.807, 2.05) is 0 Å². The highest BCUT2D eigenvalue weighted by Crippen LogP contribution is 1.87. The summed E-state index contributed by atoms with van der Waals surface area (Å²) in [6.07, 6.45) is 0. The number of nitrogens with one attached hydrogen (secondary N) is 1. The van der Waals surface area contributed by atoms with Gasteiger partial charge in [-0.1, -0.05) is 0 Å². The van der Waals surface area contributed by atoms with Gasteiger partial charge in [0.05, 0.1) is 5.34 Å². The number of carbonyl (C=O) groups is 1. The minimum absolute atomic E-state index is 0.792. The summed E-state index contributed by atoms with van der Waals surface area (Å²) in [5.74, 6) is -0.833. The maximum Gasteiger partial charge on any atom is 0.306 e. The first kappa shape index (κ1) is 7.56. The molecular formula is C3H9B2NO2. The van der Waals surface area contributed by atoms with Crippen molar-refractivity contribution in [2.45, 2.75) is 5.34 Å². The first-order chi connectivity index (χ1) is 3.50. The molecule has 0 aliphatic rings. The van der Waals surface area contributed by atoms with Gasteiger partial charge in [-0.25, -0.2) is 0 Å². The molecule has 0 aliphatic heterocycles. The molecule has 0 rings (SSSR count). The average Bonchev–Trinajstić information content (AvgIpc) is 1.67. The Kier molecular flexibility index (Phi) is 2.10. The third-order valence-electron chi connectivity index (χ3n) is 1.16. The Morgan fingerprint density at radius 2 is 2.12 bits per heavy atom. The highest BCUT2D eigenvalue weighted by atomic mass is 16.4. The lowest BCUT2D eigenvalue weighted by Crippen LogP contribution is -2.51. The van der Waals surface area contributed by atoms with Crippen LogP contribution in [0.4, 0.5) is 0 Å². The van der Waals surface area contributed by atoms with Crippen LogP contribution in [0.3, 0.4) is 0 Å². The van der Waals surface area contributed by atoms with E-state index in [4.69, 9.17) is 5.11 Å². The molecule has 3 nitrogen and oxygen atoms in total. The summed E-state index contributed by atoms with van der Waals surface area (Å²) in [4.78, 5) is 10.2. The standard InChI is InChI=1S/C3H9B2NO2/c1-6-3(4,5)2(7)8/h6H,4-5H2,1H3,(H,7,8). The van der Waals surface area contributed by atoms with Crippen LogP contribution in [-0.4, -0.2) is 39.2 Å². The van der Waals surface area contributed by atoms with Crippen molar-refractivity contribution in [2.75, 3.05) is 7.05 Å². The molecule has 0 heterocycles. The van der Waals surface area contributed by atoms with E-state index < -0.39 is 11.3 Å². The SMILES string of the molecule is BC(B)(NC)C(=O)O. The lowest BCUT2D eigenvalue weighted by Gasteiger charge is -2.16. The maximum atomic E-state index is 10.2. The minimum atomic E-state index is -0.833. The number of aliphatic carboxylic acids is 1. The Bertz CT molecular complexity index is 103. The lowest BCUT2D eigenvalue weighted by molar-refractivity contribution is -0.138. The third kappa shape index (κ3) is 1.58. The van der Waals surface area contributed by atoms with Crippen molar-refractivity contribution in [1.29, 1.82) is 0 Å². The fraction of sp³-hybridized carbons (Fsp3) is 0.667. The number of carboxylic acid groups (broad SMARTS) is 1. The molecule has 0 unspecified atom stereocenters. The molecule has 0 saturated heterocycles. The van der Waals surface area contributed by atoms with Crippen LogP contribution in [0, 0.1) is 0 Å². The van der Waals surface area contributed by atoms with Gasteiger partial charge in [0.2, 0.25) is 0 Å². The zero-order chi connectivity index (χ0) is 6.78. The molecule has 0 spiro atoms. The second-order valence-electron chi connectivity index (χ2n) is 2.18. The van der Waals surface area contributed by atoms with Crippen molar-refractivity contribution in [1.82, 2.24) is 5.32 Å². The smallest absolute Gasteiger partial charge is 0.306 e. The maximum absolute atomic E-state index is 10.2. The molecule has 0 aromatic carbocycles. The largest absolute Gasteiger partial charge is 0.481 e. The molecule has 0 bridgehead atoms. The van der Waals surface area contributed by atoms with Gasteiger partial charge in [0, 0.05) is 0 Å². The summed E-state index contributed by atoms with van der Waals surface area (Å²) in [7, 11) is 4.83. The van der Waals surface area contributed by atoms with E-state index in [-0.39, 0.29) is 0 Å². The van der Waals surface area contributed by atoms with Crippen molar-refractivity contribution < 1.29 is 9.90 Å². The highest BCUT2D eigenvalue weighted by molar-refractivity contribution is 6.50. The number of rotatable bonds is 2. The molecule has 0 amide bonds. The normalized spacial score (nSPS) is 11.1. The first-order valence-corrected chi connectivity index (χ1v) is 2.43. The first-order valence-electron chi connectivity index (χ1n) is 2.43. The number of hydrogen-bond donors (Lipinski definition) is 2. The van der Waals surface area contributed by atoms with Gasteiger partial charge in [-0.15, -0.1) is 0 Å². The van der Waals surface area contributed by atoms with Crippen LogP contribution < -0.4 is 5.32 Å². The molecule has 0 radical (unpaired) electrons. The van der Waals surface area contributed by atoms with Gasteiger partial charge in [-0.3, -0.25) is 4.79 Å². The van der Waals surface area contributed by atoms with Crippen molar-refractivity contribution >= 4 is 21.7 Å². The highest BCUT2D eigenvalue weighted by Gasteiger charge is 2.23. The lowest BCUT2D eigenvalue weighted by atomic mass is 9.62. The van der Waals surface area contributed by atoms with Gasteiger partial charge >= 0.3 is 5.97 Å². The third-order valence-corrected chi connectivity index (χ3v) is 1.16. The molecule has 0 saturated carbocycles. The van der Waals surface area contributed by atoms with Crippen LogP contribution in [-0.2, 0) is 4.79 Å². The Morgan fingerprint density at radius 3 is 2.12 bits per heavy atom. The van der Waals surface area contributed by atoms with Gasteiger partial charge < -0.3 is 10.4 Å². The van der Waals surface area contributed by atoms with Crippen LogP contribution in [0.5, 0.6) is 0 Å². The van der Waals surface area contributed by atoms with Crippen LogP contribution in [0.2, 0.25) is 0 Å². The van der Waals surface area contributed by atoms with E-state index in [1.165, 1.54) is 0 Å². The number of hydrogen-bond acceptors (Lipinski definition) is 2. The van der Waals surface area contributed by atoms with E-state index in [0.29, 0.717) is 0 Å². The quantitative estimate of drug-likeness (QED) is 0.380. The summed E-state index contributed by atoms with van der Waals surface area (Å²) in [6, 6.07) is 0. The van der Waals surface area contributed by atoms with Gasteiger partial charge in [0.15, 0.2) is 0 Å². The van der Waals surface area contributed by atoms with Gasteiger partial charge in [-0.05, 0) is 7.05 Å². The molecule has 5 heteroatoms. The molecule has 2 N–H and O–H groups in total. The molecule has 8 heavy (non-hydrogen) atoms. The second-order valence-corrected chi connectivity index (χ2v) is 2.18. The fourth-order valence-corrected chi connectivity index (χ4v) is 0.107. The fourth-order valence-electron chi connectivity index (χ4n) is 0.107. The molecule has 0 aromatic rings. The summed E-state index contributed by atoms with van der Waals surface area (Å²) < 4.78 is 0. The summed E-state index contributed by atoms with van der Waals surface area (Å²) in [5.41, 5.74) is 0. The van der Waals surface area contributed by atoms with Crippen molar-refractivity contribution in [3.63, 3.8) is 0 Å². The van der Waals surface area contributed by atoms with Crippen molar-refractivity contribution in [3.8, 4) is 0 Å². The van der Waals surface area contributed by atoms with Crippen molar-refractivity contribution in [3.05, 3.63) is 0 Å². The molecular weight excluding hydrogens is 104 g/mol. The van der Waals surface area contributed by atoms with Gasteiger partial charge in [0.1, 0.15) is 15.7 Å². The molecule has 0 fully saturated rings. The molecule has 0 aromatic heterocycles. The Morgan fingerprint density at radius 1 is 1.75 bits per heavy atom. The molecule has 44 valence electrons. The van der Waals surface area contributed by atoms with Gasteiger partial charge in [-0.2, -0.15) is 0 Å². The van der Waals surface area contributed by atoms with E-state index >= 15 is 0 Å². The average molecular weight is 113 g/mol. The molecule has 0 atom stereocenters. The predicted molar refractivity (Wildman–Crippen MR) is 36.5 cm³/mol. The van der Waals surface area contributed by atoms with Crippen LogP contribution in [0.1, 0.15) is 0 Å². The van der Waals surface area contributed by atoms with Crippen LogP contribution in [0.15, 0.2) is 0 Å². The zero-order valence-corrected chi connectivity index (χ0v) is 5.36. The number of likely N-dealkylation sites (N-methyl/N-ethyl adjacent to an activating group) is 1. The van der Waals surface area contributed by atoms with Crippen LogP contribution in [0.25, 0.3) is 0 Å². The monoisotopic (exact) mass is 113 g/mol. The Labute approximate surface area is 50.3 Å². The van der Waals surface area contributed by atoms with Gasteiger partial charge in [0.25, 0.3) is 0 Å². The Balaban J connectivity index is 3.91. The summed E-state index contributed by atoms with van der Waals surface area (Å²) in [6.45, 7) is 0. The van der Waals surface area contributed by atoms with E-state index in [0.717, 1.165) is 0 Å². The summed E-state index contributed by atoms with van der Waals surface area (Å²) in [5, 5.41) is 10.2. The van der Waals surface area contributed by atoms with Crippen molar-refractivity contribution in [2.24, 2.45) is 0 Å². The summed E-state index contributed by atoms with van der Waals surface area (Å²) >= 11 is 0. The van der Waals surface area contributed by atoms with Crippen LogP contribution >= 0.6 is 0 Å². The number of carboxylic acids is 1. The topological polar surface area (TPSA) is 49.3 Å². The molecule has 0 aliphatic carbocycles. The Hall–Kier alpha value is -0.440. The second kappa shape index (κ2) is 2.22. The van der Waals surface area contributed by atoms with E-state index in [9.17, 15) is 4.79 Å². The predicted octanol–water partition coefficient (Wildman–Crippen LogP) is -2.79. The van der Waals surface area contributed by atoms with E-state index in [1.54, 1.807) is 22.7 Å². The minimum Gasteiger partial charge on any atom is -0.481 e. The zero-order valence-electron chi connectivity index (χ0n) is 5.36. The van der Waals surface area contributed by atoms with E-state index in [2.05, 4.69) is 5.32 Å².